The molecule has 0 unspecified atom stereocenters. The highest BCUT2D eigenvalue weighted by molar-refractivity contribution is 5.96. The van der Waals surface area contributed by atoms with Crippen molar-refractivity contribution in [1.82, 2.24) is 10.6 Å². The molecule has 170 valence electrons. The van der Waals surface area contributed by atoms with E-state index in [0.29, 0.717) is 12.1 Å². The van der Waals surface area contributed by atoms with Crippen LogP contribution in [0.5, 0.6) is 5.75 Å². The van der Waals surface area contributed by atoms with Gasteiger partial charge in [-0.1, -0.05) is 25.5 Å². The first kappa shape index (κ1) is 25.4. The lowest BCUT2D eigenvalue weighted by Crippen LogP contribution is -2.48. The predicted octanol–water partition coefficient (Wildman–Crippen LogP) is 0.412. The normalized spacial score (nSPS) is 11.4. The van der Waals surface area contributed by atoms with E-state index in [9.17, 15) is 24.0 Å². The van der Waals surface area contributed by atoms with Gasteiger partial charge in [-0.3, -0.25) is 14.4 Å². The molecule has 5 N–H and O–H groups in total. The number of ether oxygens (including phenoxy) is 1. The van der Waals surface area contributed by atoms with Gasteiger partial charge in [-0.25, -0.2) is 9.59 Å². The summed E-state index contributed by atoms with van der Waals surface area (Å²) in [5, 5.41) is 31.7. The van der Waals surface area contributed by atoms with Crippen molar-refractivity contribution in [3.8, 4) is 5.75 Å². The largest absolute Gasteiger partial charge is 0.481 e. The standard InChI is InChI=1S/C20H26N2O9/c1-2-3-10-21-18(26)14(22-15(23)8-9-16(24)25)11-12-4-6-13(7-5-12)31-17(19(27)28)20(29)30/h4-7,14,17H,2-3,8-11H2,1H3,(H,21,26)(H,22,23)(H,24,25)(H,27,28)(H,29,30)/t14-/m0/s1. The van der Waals surface area contributed by atoms with Crippen LogP contribution in [0.4, 0.5) is 0 Å². The van der Waals surface area contributed by atoms with Gasteiger partial charge in [-0.2, -0.15) is 0 Å². The summed E-state index contributed by atoms with van der Waals surface area (Å²) in [6.07, 6.45) is -0.991. The second kappa shape index (κ2) is 12.8. The summed E-state index contributed by atoms with van der Waals surface area (Å²) in [5.74, 6) is -5.42. The molecule has 0 aliphatic heterocycles. The molecule has 1 rings (SSSR count). The molecular formula is C20H26N2O9. The molecule has 2 amide bonds. The van der Waals surface area contributed by atoms with E-state index < -0.39 is 41.9 Å². The lowest BCUT2D eigenvalue weighted by molar-refractivity contribution is -0.159. The van der Waals surface area contributed by atoms with Crippen LogP contribution in [-0.4, -0.2) is 63.7 Å². The minimum Gasteiger partial charge on any atom is -0.481 e. The van der Waals surface area contributed by atoms with E-state index >= 15 is 0 Å². The summed E-state index contributed by atoms with van der Waals surface area (Å²) in [5.41, 5.74) is 0.587. The van der Waals surface area contributed by atoms with Crippen LogP contribution in [0.1, 0.15) is 38.2 Å². The number of rotatable bonds is 14. The van der Waals surface area contributed by atoms with Crippen molar-refractivity contribution >= 4 is 29.7 Å². The first-order valence-electron chi connectivity index (χ1n) is 9.64. The zero-order valence-electron chi connectivity index (χ0n) is 17.0. The number of benzene rings is 1. The van der Waals surface area contributed by atoms with Gasteiger partial charge >= 0.3 is 17.9 Å². The van der Waals surface area contributed by atoms with Crippen LogP contribution in [0.25, 0.3) is 0 Å². The monoisotopic (exact) mass is 438 g/mol. The first-order chi connectivity index (χ1) is 14.6. The number of carboxylic acid groups (broad SMARTS) is 3. The fraction of sp³-hybridized carbons (Fsp3) is 0.450. The third-order valence-electron chi connectivity index (χ3n) is 4.11. The van der Waals surface area contributed by atoms with Crippen LogP contribution in [0, 0.1) is 0 Å². The molecule has 0 saturated heterocycles. The molecule has 0 radical (unpaired) electrons. The topological polar surface area (TPSA) is 179 Å². The van der Waals surface area contributed by atoms with E-state index in [1.807, 2.05) is 6.92 Å². The highest BCUT2D eigenvalue weighted by atomic mass is 16.5. The number of hydrogen-bond acceptors (Lipinski definition) is 6. The summed E-state index contributed by atoms with van der Waals surface area (Å²) in [6.45, 7) is 2.38. The number of aliphatic carboxylic acids is 3. The fourth-order valence-corrected chi connectivity index (χ4v) is 2.49. The van der Waals surface area contributed by atoms with Gasteiger partial charge in [0.25, 0.3) is 6.10 Å². The van der Waals surface area contributed by atoms with Gasteiger partial charge in [0.2, 0.25) is 11.8 Å². The summed E-state index contributed by atoms with van der Waals surface area (Å²) >= 11 is 0. The van der Waals surface area contributed by atoms with Crippen LogP contribution in [0.15, 0.2) is 24.3 Å². The van der Waals surface area contributed by atoms with E-state index in [0.717, 1.165) is 12.8 Å². The fourth-order valence-electron chi connectivity index (χ4n) is 2.49. The van der Waals surface area contributed by atoms with Gasteiger partial charge in [0.1, 0.15) is 11.8 Å². The Hall–Kier alpha value is -3.63. The Bertz CT molecular complexity index is 778. The average molecular weight is 438 g/mol. The molecule has 1 atom stereocenters. The number of hydrogen-bond donors (Lipinski definition) is 5. The highest BCUT2D eigenvalue weighted by Crippen LogP contribution is 2.16. The first-order valence-corrected chi connectivity index (χ1v) is 9.64. The molecule has 0 fully saturated rings. The molecule has 0 spiro atoms. The van der Waals surface area contributed by atoms with E-state index in [2.05, 4.69) is 10.6 Å². The van der Waals surface area contributed by atoms with Crippen molar-refractivity contribution in [2.24, 2.45) is 0 Å². The van der Waals surface area contributed by atoms with Crippen molar-refractivity contribution in [2.75, 3.05) is 6.54 Å². The second-order valence-electron chi connectivity index (χ2n) is 6.68. The number of carbonyl (C=O) groups is 5. The predicted molar refractivity (Wildman–Crippen MR) is 107 cm³/mol. The van der Waals surface area contributed by atoms with Crippen molar-refractivity contribution in [3.05, 3.63) is 29.8 Å². The maximum atomic E-state index is 12.5. The number of amides is 2. The summed E-state index contributed by atoms with van der Waals surface area (Å²) in [6, 6.07) is 4.77. The maximum absolute atomic E-state index is 12.5. The lowest BCUT2D eigenvalue weighted by atomic mass is 10.0. The van der Waals surface area contributed by atoms with Gasteiger partial charge in [0, 0.05) is 19.4 Å². The Labute approximate surface area is 178 Å². The molecule has 0 aromatic heterocycles. The zero-order chi connectivity index (χ0) is 23.4. The molecule has 11 heteroatoms. The van der Waals surface area contributed by atoms with Crippen molar-refractivity contribution < 1.29 is 44.0 Å². The summed E-state index contributed by atoms with van der Waals surface area (Å²) < 4.78 is 4.93. The summed E-state index contributed by atoms with van der Waals surface area (Å²) in [7, 11) is 0. The van der Waals surface area contributed by atoms with Gasteiger partial charge in [0.05, 0.1) is 6.42 Å². The van der Waals surface area contributed by atoms with Crippen LogP contribution in [-0.2, 0) is 30.4 Å². The Morgan fingerprint density at radius 2 is 1.58 bits per heavy atom. The minimum absolute atomic E-state index is 0.00740. The van der Waals surface area contributed by atoms with Gasteiger partial charge in [-0.15, -0.1) is 0 Å². The molecule has 1 aromatic rings. The number of carbonyl (C=O) groups excluding carboxylic acids is 2. The van der Waals surface area contributed by atoms with Crippen LogP contribution < -0.4 is 15.4 Å². The average Bonchev–Trinajstić information content (AvgIpc) is 2.70. The van der Waals surface area contributed by atoms with Crippen molar-refractivity contribution in [3.63, 3.8) is 0 Å². The van der Waals surface area contributed by atoms with Crippen LogP contribution >= 0.6 is 0 Å². The smallest absolute Gasteiger partial charge is 0.356 e. The van der Waals surface area contributed by atoms with Gasteiger partial charge in [-0.05, 0) is 24.1 Å². The number of nitrogens with one attached hydrogen (secondary N) is 2. The molecule has 31 heavy (non-hydrogen) atoms. The third-order valence-corrected chi connectivity index (χ3v) is 4.11. The quantitative estimate of drug-likeness (QED) is 0.203. The number of unbranched alkanes of at least 4 members (excludes halogenated alkanes) is 1. The van der Waals surface area contributed by atoms with E-state index in [1.165, 1.54) is 24.3 Å². The molecular weight excluding hydrogens is 412 g/mol. The molecule has 1 aromatic carbocycles. The van der Waals surface area contributed by atoms with Crippen molar-refractivity contribution in [1.29, 1.82) is 0 Å². The minimum atomic E-state index is -2.06. The van der Waals surface area contributed by atoms with E-state index in [1.54, 1.807) is 0 Å². The zero-order valence-corrected chi connectivity index (χ0v) is 17.0. The van der Waals surface area contributed by atoms with Gasteiger partial charge < -0.3 is 30.7 Å². The highest BCUT2D eigenvalue weighted by Gasteiger charge is 2.28. The molecule has 0 bridgehead atoms. The maximum Gasteiger partial charge on any atom is 0.356 e. The Morgan fingerprint density at radius 1 is 0.968 bits per heavy atom. The Morgan fingerprint density at radius 3 is 2.10 bits per heavy atom. The van der Waals surface area contributed by atoms with E-state index in [-0.39, 0.29) is 25.0 Å². The Kier molecular flexibility index (Phi) is 10.5. The van der Waals surface area contributed by atoms with Gasteiger partial charge in [0.15, 0.2) is 0 Å². The second-order valence-corrected chi connectivity index (χ2v) is 6.68. The number of carboxylic acids is 3. The molecule has 0 saturated carbocycles. The third kappa shape index (κ3) is 9.61. The van der Waals surface area contributed by atoms with Crippen molar-refractivity contribution in [2.45, 2.75) is 51.2 Å². The lowest BCUT2D eigenvalue weighted by Gasteiger charge is -2.19. The summed E-state index contributed by atoms with van der Waals surface area (Å²) in [4.78, 5) is 56.9. The van der Waals surface area contributed by atoms with E-state index in [4.69, 9.17) is 20.1 Å². The SMILES string of the molecule is CCCCNC(=O)[C@H](Cc1ccc(OC(C(=O)O)C(=O)O)cc1)NC(=O)CCC(=O)O. The molecule has 0 aliphatic carbocycles. The van der Waals surface area contributed by atoms with Crippen LogP contribution in [0.3, 0.4) is 0 Å². The molecule has 11 nitrogen and oxygen atoms in total. The Balaban J connectivity index is 2.85. The van der Waals surface area contributed by atoms with Crippen LogP contribution in [0.2, 0.25) is 0 Å². The molecule has 0 aliphatic rings. The molecule has 0 heterocycles.